The molecule has 1 heterocycles. The summed E-state index contributed by atoms with van der Waals surface area (Å²) in [6, 6.07) is 7.77. The van der Waals surface area contributed by atoms with E-state index in [1.165, 1.54) is 4.90 Å². The molecule has 1 aromatic rings. The Balaban J connectivity index is 1.97. The Bertz CT molecular complexity index is 422. The lowest BCUT2D eigenvalue weighted by molar-refractivity contribution is 0.0521. The summed E-state index contributed by atoms with van der Waals surface area (Å²) >= 11 is 1.68. The first-order chi connectivity index (χ1) is 9.11. The van der Waals surface area contributed by atoms with E-state index in [1.807, 2.05) is 42.3 Å². The summed E-state index contributed by atoms with van der Waals surface area (Å²) in [5, 5.41) is 9.57. The first-order valence-corrected chi connectivity index (χ1v) is 7.95. The van der Waals surface area contributed by atoms with Gasteiger partial charge in [0.1, 0.15) is 0 Å². The van der Waals surface area contributed by atoms with Gasteiger partial charge in [0.2, 0.25) is 0 Å². The van der Waals surface area contributed by atoms with Crippen molar-refractivity contribution in [1.82, 2.24) is 4.90 Å². The lowest BCUT2D eigenvalue weighted by Gasteiger charge is -2.33. The normalized spacial score (nSPS) is 18.4. The zero-order chi connectivity index (χ0) is 13.8. The third kappa shape index (κ3) is 3.51. The van der Waals surface area contributed by atoms with Crippen molar-refractivity contribution in [2.45, 2.75) is 30.8 Å². The number of hydrogen-bond acceptors (Lipinski definition) is 3. The maximum Gasteiger partial charge on any atom is 0.253 e. The summed E-state index contributed by atoms with van der Waals surface area (Å²) in [6.45, 7) is 3.33. The lowest BCUT2D eigenvalue weighted by atomic mass is 9.92. The van der Waals surface area contributed by atoms with Crippen molar-refractivity contribution in [3.8, 4) is 0 Å². The predicted octanol–water partition coefficient (Wildman–Crippen LogP) is 2.64. The second-order valence-corrected chi connectivity index (χ2v) is 5.98. The minimum atomic E-state index is -0.266. The van der Waals surface area contributed by atoms with E-state index in [2.05, 4.69) is 0 Å². The SMILES string of the molecule is CSc1ccc(C(=O)N2CCC(C(C)O)CC2)cc1. The highest BCUT2D eigenvalue weighted by atomic mass is 32.2. The third-order valence-electron chi connectivity index (χ3n) is 3.85. The molecule has 1 aromatic carbocycles. The fraction of sp³-hybridized carbons (Fsp3) is 0.533. The number of carbonyl (C=O) groups is 1. The van der Waals surface area contributed by atoms with E-state index in [0.717, 1.165) is 31.5 Å². The maximum absolute atomic E-state index is 12.3. The maximum atomic E-state index is 12.3. The van der Waals surface area contributed by atoms with Gasteiger partial charge in [0.25, 0.3) is 5.91 Å². The number of carbonyl (C=O) groups excluding carboxylic acids is 1. The minimum Gasteiger partial charge on any atom is -0.393 e. The monoisotopic (exact) mass is 279 g/mol. The number of hydrogen-bond donors (Lipinski definition) is 1. The summed E-state index contributed by atoms with van der Waals surface area (Å²) in [7, 11) is 0. The van der Waals surface area contributed by atoms with Crippen LogP contribution >= 0.6 is 11.8 Å². The molecular weight excluding hydrogens is 258 g/mol. The fourth-order valence-corrected chi connectivity index (χ4v) is 2.91. The standard InChI is InChI=1S/C15H21NO2S/c1-11(17)12-7-9-16(10-8-12)15(18)13-3-5-14(19-2)6-4-13/h3-6,11-12,17H,7-10H2,1-2H3. The number of thioether (sulfide) groups is 1. The molecule has 1 fully saturated rings. The van der Waals surface area contributed by atoms with Crippen LogP contribution in [0.3, 0.4) is 0 Å². The largest absolute Gasteiger partial charge is 0.393 e. The van der Waals surface area contributed by atoms with Crippen LogP contribution in [0.15, 0.2) is 29.2 Å². The van der Waals surface area contributed by atoms with Crippen molar-refractivity contribution >= 4 is 17.7 Å². The second kappa shape index (κ2) is 6.44. The molecule has 1 N–H and O–H groups in total. The van der Waals surface area contributed by atoms with Crippen molar-refractivity contribution < 1.29 is 9.90 Å². The third-order valence-corrected chi connectivity index (χ3v) is 4.59. The molecule has 0 spiro atoms. The van der Waals surface area contributed by atoms with E-state index in [-0.39, 0.29) is 12.0 Å². The molecule has 1 aliphatic heterocycles. The van der Waals surface area contributed by atoms with Gasteiger partial charge in [-0.05, 0) is 56.2 Å². The van der Waals surface area contributed by atoms with Gasteiger partial charge in [0.15, 0.2) is 0 Å². The van der Waals surface area contributed by atoms with E-state index in [4.69, 9.17) is 0 Å². The van der Waals surface area contributed by atoms with Crippen molar-refractivity contribution in [3.05, 3.63) is 29.8 Å². The van der Waals surface area contributed by atoms with Crippen molar-refractivity contribution in [2.75, 3.05) is 19.3 Å². The van der Waals surface area contributed by atoms with Crippen LogP contribution in [0.5, 0.6) is 0 Å². The Kier molecular flexibility index (Phi) is 4.88. The van der Waals surface area contributed by atoms with Gasteiger partial charge in [0, 0.05) is 23.5 Å². The molecule has 3 nitrogen and oxygen atoms in total. The average Bonchev–Trinajstić information content (AvgIpc) is 2.46. The Morgan fingerprint density at radius 3 is 2.37 bits per heavy atom. The van der Waals surface area contributed by atoms with E-state index < -0.39 is 0 Å². The van der Waals surface area contributed by atoms with Crippen molar-refractivity contribution in [3.63, 3.8) is 0 Å². The first-order valence-electron chi connectivity index (χ1n) is 6.73. The molecule has 4 heteroatoms. The van der Waals surface area contributed by atoms with Crippen molar-refractivity contribution in [2.24, 2.45) is 5.92 Å². The highest BCUT2D eigenvalue weighted by molar-refractivity contribution is 7.98. The van der Waals surface area contributed by atoms with E-state index in [9.17, 15) is 9.90 Å². The Morgan fingerprint density at radius 2 is 1.89 bits per heavy atom. The summed E-state index contributed by atoms with van der Waals surface area (Å²) in [5.41, 5.74) is 0.758. The van der Waals surface area contributed by atoms with Crippen LogP contribution in [-0.2, 0) is 0 Å². The average molecular weight is 279 g/mol. The number of nitrogens with zero attached hydrogens (tertiary/aromatic N) is 1. The topological polar surface area (TPSA) is 40.5 Å². The molecule has 0 bridgehead atoms. The zero-order valence-corrected chi connectivity index (χ0v) is 12.3. The van der Waals surface area contributed by atoms with E-state index >= 15 is 0 Å². The summed E-state index contributed by atoms with van der Waals surface area (Å²) in [4.78, 5) is 15.4. The summed E-state index contributed by atoms with van der Waals surface area (Å²) in [6.07, 6.45) is 3.55. The number of rotatable bonds is 3. The molecule has 1 amide bonds. The van der Waals surface area contributed by atoms with E-state index in [0.29, 0.717) is 5.92 Å². The molecule has 0 aliphatic carbocycles. The van der Waals surface area contributed by atoms with Crippen LogP contribution in [0.1, 0.15) is 30.1 Å². The van der Waals surface area contributed by atoms with Crippen LogP contribution in [-0.4, -0.2) is 41.4 Å². The summed E-state index contributed by atoms with van der Waals surface area (Å²) in [5.74, 6) is 0.444. The van der Waals surface area contributed by atoms with Crippen LogP contribution < -0.4 is 0 Å². The molecule has 19 heavy (non-hydrogen) atoms. The zero-order valence-electron chi connectivity index (χ0n) is 11.5. The first kappa shape index (κ1) is 14.4. The van der Waals surface area contributed by atoms with Crippen LogP contribution in [0, 0.1) is 5.92 Å². The predicted molar refractivity (Wildman–Crippen MR) is 78.5 cm³/mol. The number of benzene rings is 1. The Morgan fingerprint density at radius 1 is 1.32 bits per heavy atom. The molecular formula is C15H21NO2S. The van der Waals surface area contributed by atoms with Gasteiger partial charge in [-0.2, -0.15) is 0 Å². The molecule has 1 aliphatic rings. The second-order valence-electron chi connectivity index (χ2n) is 5.10. The molecule has 0 saturated carbocycles. The van der Waals surface area contributed by atoms with Crippen LogP contribution in [0.25, 0.3) is 0 Å². The van der Waals surface area contributed by atoms with Gasteiger partial charge >= 0.3 is 0 Å². The molecule has 1 unspecified atom stereocenters. The molecule has 0 radical (unpaired) electrons. The minimum absolute atomic E-state index is 0.108. The van der Waals surface area contributed by atoms with Crippen LogP contribution in [0.2, 0.25) is 0 Å². The number of likely N-dealkylation sites (tertiary alicyclic amines) is 1. The summed E-state index contributed by atoms with van der Waals surface area (Å²) < 4.78 is 0. The Labute approximate surface area is 119 Å². The van der Waals surface area contributed by atoms with Gasteiger partial charge in [-0.15, -0.1) is 11.8 Å². The molecule has 2 rings (SSSR count). The van der Waals surface area contributed by atoms with Gasteiger partial charge in [0.05, 0.1) is 6.10 Å². The number of aliphatic hydroxyl groups excluding tert-OH is 1. The highest BCUT2D eigenvalue weighted by Gasteiger charge is 2.25. The Hall–Kier alpha value is -1.00. The number of aliphatic hydroxyl groups is 1. The van der Waals surface area contributed by atoms with Crippen LogP contribution in [0.4, 0.5) is 0 Å². The lowest BCUT2D eigenvalue weighted by Crippen LogP contribution is -2.40. The molecule has 1 atom stereocenters. The van der Waals surface area contributed by atoms with Crippen molar-refractivity contribution in [1.29, 1.82) is 0 Å². The number of piperidine rings is 1. The number of amides is 1. The van der Waals surface area contributed by atoms with E-state index in [1.54, 1.807) is 11.8 Å². The molecule has 0 aromatic heterocycles. The van der Waals surface area contributed by atoms with Gasteiger partial charge < -0.3 is 10.0 Å². The highest BCUT2D eigenvalue weighted by Crippen LogP contribution is 2.22. The molecule has 104 valence electrons. The molecule has 1 saturated heterocycles. The van der Waals surface area contributed by atoms with Gasteiger partial charge in [-0.25, -0.2) is 0 Å². The van der Waals surface area contributed by atoms with Gasteiger partial charge in [-0.1, -0.05) is 0 Å². The van der Waals surface area contributed by atoms with Gasteiger partial charge in [-0.3, -0.25) is 4.79 Å². The smallest absolute Gasteiger partial charge is 0.253 e. The fourth-order valence-electron chi connectivity index (χ4n) is 2.50. The quantitative estimate of drug-likeness (QED) is 0.865.